The van der Waals surface area contributed by atoms with Gasteiger partial charge in [0.25, 0.3) is 0 Å². The predicted molar refractivity (Wildman–Crippen MR) is 36.2 cm³/mol. The Morgan fingerprint density at radius 3 is 2.89 bits per heavy atom. The number of alkyl halides is 1. The van der Waals surface area contributed by atoms with Gasteiger partial charge in [0.2, 0.25) is 0 Å². The molecule has 1 saturated heterocycles. The van der Waals surface area contributed by atoms with Gasteiger partial charge in [0.15, 0.2) is 0 Å². The van der Waals surface area contributed by atoms with Gasteiger partial charge in [-0.3, -0.25) is 4.39 Å². The Morgan fingerprint density at radius 1 is 1.44 bits per heavy atom. The minimum Gasteiger partial charge on any atom is -0.314 e. The van der Waals surface area contributed by atoms with E-state index >= 15 is 0 Å². The predicted octanol–water partition coefficient (Wildman–Crippen LogP) is 1.49. The topological polar surface area (TPSA) is 12.0 Å². The van der Waals surface area contributed by atoms with Crippen molar-refractivity contribution < 1.29 is 4.39 Å². The molecule has 0 aromatic carbocycles. The van der Waals surface area contributed by atoms with Crippen LogP contribution in [0.4, 0.5) is 4.39 Å². The molecule has 0 aliphatic carbocycles. The number of hydrogen-bond acceptors (Lipinski definition) is 1. The van der Waals surface area contributed by atoms with Gasteiger partial charge in [-0.2, -0.15) is 0 Å². The zero-order valence-corrected chi connectivity index (χ0v) is 5.70. The third-order valence-corrected chi connectivity index (χ3v) is 1.87. The van der Waals surface area contributed by atoms with Crippen molar-refractivity contribution in [2.45, 2.75) is 31.7 Å². The van der Waals surface area contributed by atoms with Crippen LogP contribution >= 0.6 is 0 Å². The van der Waals surface area contributed by atoms with Crippen LogP contribution in [0.15, 0.2) is 0 Å². The normalized spacial score (nSPS) is 28.3. The molecule has 1 atom stereocenters. The second-order valence-electron chi connectivity index (χ2n) is 2.62. The molecule has 0 bridgehead atoms. The Morgan fingerprint density at radius 2 is 2.33 bits per heavy atom. The van der Waals surface area contributed by atoms with Crippen LogP contribution in [0.5, 0.6) is 0 Å². The molecule has 0 saturated carbocycles. The zero-order valence-electron chi connectivity index (χ0n) is 5.70. The van der Waals surface area contributed by atoms with Crippen molar-refractivity contribution >= 4 is 0 Å². The third-order valence-electron chi connectivity index (χ3n) is 1.87. The summed E-state index contributed by atoms with van der Waals surface area (Å²) in [5, 5.41) is 3.28. The van der Waals surface area contributed by atoms with E-state index in [4.69, 9.17) is 0 Å². The van der Waals surface area contributed by atoms with Crippen LogP contribution in [0, 0.1) is 0 Å². The van der Waals surface area contributed by atoms with Gasteiger partial charge in [0, 0.05) is 6.04 Å². The Labute approximate surface area is 55.6 Å². The van der Waals surface area contributed by atoms with Crippen LogP contribution in [0.1, 0.15) is 25.7 Å². The summed E-state index contributed by atoms with van der Waals surface area (Å²) in [5.41, 5.74) is 0. The highest BCUT2D eigenvalue weighted by molar-refractivity contribution is 4.70. The number of hydrogen-bond donors (Lipinski definition) is 1. The quantitative estimate of drug-likeness (QED) is 0.598. The van der Waals surface area contributed by atoms with E-state index in [-0.39, 0.29) is 6.67 Å². The maximum atomic E-state index is 11.7. The first-order valence-corrected chi connectivity index (χ1v) is 3.73. The number of piperidine rings is 1. The van der Waals surface area contributed by atoms with Crippen LogP contribution < -0.4 is 5.32 Å². The summed E-state index contributed by atoms with van der Waals surface area (Å²) < 4.78 is 11.7. The summed E-state index contributed by atoms with van der Waals surface area (Å²) in [5.74, 6) is 0. The first kappa shape index (κ1) is 7.00. The van der Waals surface area contributed by atoms with E-state index in [1.165, 1.54) is 19.3 Å². The highest BCUT2D eigenvalue weighted by Gasteiger charge is 2.10. The summed E-state index contributed by atoms with van der Waals surface area (Å²) in [4.78, 5) is 0. The molecule has 1 fully saturated rings. The van der Waals surface area contributed by atoms with Gasteiger partial charge in [-0.25, -0.2) is 0 Å². The lowest BCUT2D eigenvalue weighted by atomic mass is 10.0. The Kier molecular flexibility index (Phi) is 2.98. The lowest BCUT2D eigenvalue weighted by Crippen LogP contribution is -2.34. The fraction of sp³-hybridized carbons (Fsp3) is 1.00. The number of rotatable bonds is 2. The summed E-state index contributed by atoms with van der Waals surface area (Å²) in [6.45, 7) is 0.919. The van der Waals surface area contributed by atoms with Crippen LogP contribution in [0.3, 0.4) is 0 Å². The van der Waals surface area contributed by atoms with Crippen molar-refractivity contribution in [1.82, 2.24) is 5.32 Å². The average Bonchev–Trinajstić information content (AvgIpc) is 1.91. The molecule has 0 amide bonds. The molecule has 1 aliphatic heterocycles. The molecule has 0 aromatic rings. The summed E-state index contributed by atoms with van der Waals surface area (Å²) in [6.07, 6.45) is 4.42. The van der Waals surface area contributed by atoms with Crippen LogP contribution in [0.25, 0.3) is 0 Å². The van der Waals surface area contributed by atoms with Gasteiger partial charge in [0.1, 0.15) is 0 Å². The van der Waals surface area contributed by atoms with Crippen molar-refractivity contribution in [1.29, 1.82) is 0 Å². The molecule has 0 radical (unpaired) electrons. The van der Waals surface area contributed by atoms with Crippen molar-refractivity contribution in [3.63, 3.8) is 0 Å². The molecule has 9 heavy (non-hydrogen) atoms. The van der Waals surface area contributed by atoms with Gasteiger partial charge in [0.05, 0.1) is 6.67 Å². The van der Waals surface area contributed by atoms with E-state index in [1.807, 2.05) is 0 Å². The van der Waals surface area contributed by atoms with Crippen molar-refractivity contribution in [2.75, 3.05) is 13.2 Å². The van der Waals surface area contributed by atoms with Crippen molar-refractivity contribution in [2.24, 2.45) is 0 Å². The van der Waals surface area contributed by atoms with Crippen molar-refractivity contribution in [3.05, 3.63) is 0 Å². The first-order chi connectivity index (χ1) is 4.43. The molecule has 54 valence electrons. The zero-order chi connectivity index (χ0) is 6.53. The van der Waals surface area contributed by atoms with E-state index in [0.717, 1.165) is 6.54 Å². The molecule has 1 unspecified atom stereocenters. The minimum atomic E-state index is -0.169. The smallest absolute Gasteiger partial charge is 0.0909 e. The number of nitrogens with one attached hydrogen (secondary N) is 1. The molecule has 1 aliphatic rings. The van der Waals surface area contributed by atoms with Gasteiger partial charge in [-0.15, -0.1) is 0 Å². The van der Waals surface area contributed by atoms with Gasteiger partial charge < -0.3 is 5.32 Å². The summed E-state index contributed by atoms with van der Waals surface area (Å²) in [7, 11) is 0. The Bertz CT molecular complexity index is 66.6. The standard InChI is InChI=1S/C7H14FN/c8-5-4-7-3-1-2-6-9-7/h7,9H,1-6H2. The van der Waals surface area contributed by atoms with E-state index in [9.17, 15) is 4.39 Å². The minimum absolute atomic E-state index is 0.169. The van der Waals surface area contributed by atoms with Gasteiger partial charge in [-0.1, -0.05) is 6.42 Å². The lowest BCUT2D eigenvalue weighted by molar-refractivity contribution is 0.341. The molecule has 1 N–H and O–H groups in total. The highest BCUT2D eigenvalue weighted by atomic mass is 19.1. The van der Waals surface area contributed by atoms with Crippen molar-refractivity contribution in [3.8, 4) is 0 Å². The maximum absolute atomic E-state index is 11.7. The van der Waals surface area contributed by atoms with E-state index in [2.05, 4.69) is 5.32 Å². The summed E-state index contributed by atoms with van der Waals surface area (Å²) in [6, 6.07) is 0.476. The van der Waals surface area contributed by atoms with Gasteiger partial charge in [-0.05, 0) is 25.8 Å². The maximum Gasteiger partial charge on any atom is 0.0909 e. The van der Waals surface area contributed by atoms with Crippen LogP contribution in [-0.2, 0) is 0 Å². The largest absolute Gasteiger partial charge is 0.314 e. The first-order valence-electron chi connectivity index (χ1n) is 3.73. The highest BCUT2D eigenvalue weighted by Crippen LogP contribution is 2.09. The summed E-state index contributed by atoms with van der Waals surface area (Å²) >= 11 is 0. The fourth-order valence-electron chi connectivity index (χ4n) is 1.30. The molecular formula is C7H14FN. The lowest BCUT2D eigenvalue weighted by Gasteiger charge is -2.21. The second kappa shape index (κ2) is 3.83. The van der Waals surface area contributed by atoms with Gasteiger partial charge >= 0.3 is 0 Å². The molecule has 2 heteroatoms. The SMILES string of the molecule is FCCC1CCCCN1. The fourth-order valence-corrected chi connectivity index (χ4v) is 1.30. The second-order valence-corrected chi connectivity index (χ2v) is 2.62. The van der Waals surface area contributed by atoms with E-state index in [0.29, 0.717) is 12.5 Å². The Balaban J connectivity index is 2.08. The Hall–Kier alpha value is -0.110. The molecule has 1 rings (SSSR count). The van der Waals surface area contributed by atoms with Crippen LogP contribution in [-0.4, -0.2) is 19.3 Å². The van der Waals surface area contributed by atoms with E-state index < -0.39 is 0 Å². The average molecular weight is 131 g/mol. The molecule has 0 spiro atoms. The molecule has 1 nitrogen and oxygen atoms in total. The molecule has 1 heterocycles. The monoisotopic (exact) mass is 131 g/mol. The number of halogens is 1. The molecule has 0 aromatic heterocycles. The van der Waals surface area contributed by atoms with Crippen LogP contribution in [0.2, 0.25) is 0 Å². The molecular weight excluding hydrogens is 117 g/mol. The third kappa shape index (κ3) is 2.31. The van der Waals surface area contributed by atoms with E-state index in [1.54, 1.807) is 0 Å².